The predicted molar refractivity (Wildman–Crippen MR) is 62.6 cm³/mol. The highest BCUT2D eigenvalue weighted by molar-refractivity contribution is 4.73. The van der Waals surface area contributed by atoms with Gasteiger partial charge < -0.3 is 10.1 Å². The minimum atomic E-state index is 0.176. The average Bonchev–Trinajstić information content (AvgIpc) is 2.09. The first-order valence-electron chi connectivity index (χ1n) is 5.47. The van der Waals surface area contributed by atoms with E-state index >= 15 is 0 Å². The highest BCUT2D eigenvalue weighted by Gasteiger charge is 2.12. The van der Waals surface area contributed by atoms with E-state index in [1.165, 1.54) is 0 Å². The molecule has 2 nitrogen and oxygen atoms in total. The van der Waals surface area contributed by atoms with Crippen LogP contribution in [-0.2, 0) is 4.74 Å². The Bertz CT molecular complexity index is 149. The van der Waals surface area contributed by atoms with E-state index in [2.05, 4.69) is 39.6 Å². The summed E-state index contributed by atoms with van der Waals surface area (Å²) in [4.78, 5) is 0. The van der Waals surface area contributed by atoms with Gasteiger partial charge in [-0.2, -0.15) is 0 Å². The van der Waals surface area contributed by atoms with Gasteiger partial charge in [-0.05, 0) is 33.6 Å². The summed E-state index contributed by atoms with van der Waals surface area (Å²) in [5, 5.41) is 3.45. The summed E-state index contributed by atoms with van der Waals surface area (Å²) in [6.45, 7) is 14.1. The van der Waals surface area contributed by atoms with Gasteiger partial charge in [-0.3, -0.25) is 0 Å². The summed E-state index contributed by atoms with van der Waals surface area (Å²) < 4.78 is 5.69. The molecule has 14 heavy (non-hydrogen) atoms. The lowest BCUT2D eigenvalue weighted by atomic mass is 10.1. The van der Waals surface area contributed by atoms with Crippen molar-refractivity contribution in [2.75, 3.05) is 13.2 Å². The molecule has 0 rings (SSSR count). The molecule has 0 saturated heterocycles. The van der Waals surface area contributed by atoms with Gasteiger partial charge in [0.1, 0.15) is 0 Å². The van der Waals surface area contributed by atoms with Crippen LogP contribution in [-0.4, -0.2) is 24.8 Å². The molecule has 0 saturated carbocycles. The standard InChI is InChI=1S/C12H25NO/c1-6-8-9-14-11(7-2)10-13-12(3,4)5/h6,11,13H,1,7-10H2,2-5H3. The van der Waals surface area contributed by atoms with Gasteiger partial charge in [0.05, 0.1) is 12.7 Å². The van der Waals surface area contributed by atoms with Crippen LogP contribution in [0.4, 0.5) is 0 Å². The molecule has 1 atom stereocenters. The zero-order chi connectivity index (χ0) is 11.0. The van der Waals surface area contributed by atoms with Crippen LogP contribution in [0.3, 0.4) is 0 Å². The fourth-order valence-electron chi connectivity index (χ4n) is 1.06. The summed E-state index contributed by atoms with van der Waals surface area (Å²) in [7, 11) is 0. The molecule has 0 aliphatic carbocycles. The van der Waals surface area contributed by atoms with Gasteiger partial charge in [0.25, 0.3) is 0 Å². The van der Waals surface area contributed by atoms with E-state index in [-0.39, 0.29) is 5.54 Å². The molecular formula is C12H25NO. The maximum atomic E-state index is 5.69. The van der Waals surface area contributed by atoms with Crippen molar-refractivity contribution in [2.45, 2.75) is 52.2 Å². The van der Waals surface area contributed by atoms with E-state index in [9.17, 15) is 0 Å². The summed E-state index contributed by atoms with van der Waals surface area (Å²) in [5.41, 5.74) is 0.176. The van der Waals surface area contributed by atoms with E-state index < -0.39 is 0 Å². The third kappa shape index (κ3) is 8.27. The summed E-state index contributed by atoms with van der Waals surface area (Å²) in [5.74, 6) is 0. The zero-order valence-electron chi connectivity index (χ0n) is 10.1. The van der Waals surface area contributed by atoms with Gasteiger partial charge in [0, 0.05) is 12.1 Å². The second-order valence-electron chi connectivity index (χ2n) is 4.61. The quantitative estimate of drug-likeness (QED) is 0.503. The van der Waals surface area contributed by atoms with Gasteiger partial charge in [-0.15, -0.1) is 6.58 Å². The van der Waals surface area contributed by atoms with Crippen LogP contribution >= 0.6 is 0 Å². The van der Waals surface area contributed by atoms with E-state index in [0.717, 1.165) is 26.0 Å². The summed E-state index contributed by atoms with van der Waals surface area (Å²) in [6.07, 6.45) is 4.21. The molecule has 0 aromatic carbocycles. The van der Waals surface area contributed by atoms with Crippen molar-refractivity contribution in [1.82, 2.24) is 5.32 Å². The molecule has 0 aromatic heterocycles. The third-order valence-corrected chi connectivity index (χ3v) is 1.99. The van der Waals surface area contributed by atoms with E-state index in [1.807, 2.05) is 6.08 Å². The first-order valence-corrected chi connectivity index (χ1v) is 5.47. The Morgan fingerprint density at radius 2 is 2.07 bits per heavy atom. The molecule has 0 radical (unpaired) electrons. The highest BCUT2D eigenvalue weighted by atomic mass is 16.5. The second kappa shape index (κ2) is 7.02. The molecule has 0 bridgehead atoms. The van der Waals surface area contributed by atoms with Crippen molar-refractivity contribution in [3.05, 3.63) is 12.7 Å². The smallest absolute Gasteiger partial charge is 0.0697 e. The zero-order valence-corrected chi connectivity index (χ0v) is 10.1. The number of hydrogen-bond acceptors (Lipinski definition) is 2. The molecule has 0 heterocycles. The summed E-state index contributed by atoms with van der Waals surface area (Å²) >= 11 is 0. The molecule has 0 aromatic rings. The Kier molecular flexibility index (Phi) is 6.85. The van der Waals surface area contributed by atoms with E-state index in [1.54, 1.807) is 0 Å². The third-order valence-electron chi connectivity index (χ3n) is 1.99. The number of ether oxygens (including phenoxy) is 1. The predicted octanol–water partition coefficient (Wildman–Crippen LogP) is 2.75. The lowest BCUT2D eigenvalue weighted by Crippen LogP contribution is -2.41. The SMILES string of the molecule is C=CCCOC(CC)CNC(C)(C)C. The molecule has 0 aliphatic heterocycles. The van der Waals surface area contributed by atoms with Gasteiger partial charge in [-0.1, -0.05) is 13.0 Å². The van der Waals surface area contributed by atoms with Crippen molar-refractivity contribution < 1.29 is 4.74 Å². The fraction of sp³-hybridized carbons (Fsp3) is 0.833. The Balaban J connectivity index is 3.63. The minimum Gasteiger partial charge on any atom is -0.377 e. The maximum Gasteiger partial charge on any atom is 0.0697 e. The molecule has 0 amide bonds. The molecule has 2 heteroatoms. The first-order chi connectivity index (χ1) is 6.49. The largest absolute Gasteiger partial charge is 0.377 e. The highest BCUT2D eigenvalue weighted by Crippen LogP contribution is 2.03. The molecular weight excluding hydrogens is 174 g/mol. The Hall–Kier alpha value is -0.340. The average molecular weight is 199 g/mol. The van der Waals surface area contributed by atoms with Gasteiger partial charge in [0.15, 0.2) is 0 Å². The Morgan fingerprint density at radius 3 is 2.50 bits per heavy atom. The maximum absolute atomic E-state index is 5.69. The minimum absolute atomic E-state index is 0.176. The van der Waals surface area contributed by atoms with Gasteiger partial charge in [0.2, 0.25) is 0 Å². The molecule has 84 valence electrons. The van der Waals surface area contributed by atoms with E-state index in [4.69, 9.17) is 4.74 Å². The lowest BCUT2D eigenvalue weighted by molar-refractivity contribution is 0.0497. The van der Waals surface area contributed by atoms with Crippen LogP contribution in [0.15, 0.2) is 12.7 Å². The van der Waals surface area contributed by atoms with Crippen LogP contribution in [0, 0.1) is 0 Å². The van der Waals surface area contributed by atoms with Crippen molar-refractivity contribution in [1.29, 1.82) is 0 Å². The summed E-state index contributed by atoms with van der Waals surface area (Å²) in [6, 6.07) is 0. The molecule has 1 unspecified atom stereocenters. The van der Waals surface area contributed by atoms with Crippen molar-refractivity contribution in [2.24, 2.45) is 0 Å². The number of rotatable bonds is 7. The van der Waals surface area contributed by atoms with Gasteiger partial charge >= 0.3 is 0 Å². The monoisotopic (exact) mass is 199 g/mol. The molecule has 1 N–H and O–H groups in total. The van der Waals surface area contributed by atoms with Crippen molar-refractivity contribution >= 4 is 0 Å². The van der Waals surface area contributed by atoms with Crippen LogP contribution in [0.2, 0.25) is 0 Å². The molecule has 0 aliphatic rings. The Labute approximate surface area is 88.7 Å². The van der Waals surface area contributed by atoms with Crippen LogP contribution in [0.5, 0.6) is 0 Å². The van der Waals surface area contributed by atoms with Crippen LogP contribution in [0.25, 0.3) is 0 Å². The van der Waals surface area contributed by atoms with Crippen molar-refractivity contribution in [3.8, 4) is 0 Å². The van der Waals surface area contributed by atoms with Crippen LogP contribution in [0.1, 0.15) is 40.5 Å². The fourth-order valence-corrected chi connectivity index (χ4v) is 1.06. The number of hydrogen-bond donors (Lipinski definition) is 1. The topological polar surface area (TPSA) is 21.3 Å². The normalized spacial score (nSPS) is 14.0. The first kappa shape index (κ1) is 13.7. The lowest BCUT2D eigenvalue weighted by Gasteiger charge is -2.24. The van der Waals surface area contributed by atoms with Gasteiger partial charge in [-0.25, -0.2) is 0 Å². The number of nitrogens with one attached hydrogen (secondary N) is 1. The Morgan fingerprint density at radius 1 is 1.43 bits per heavy atom. The molecule has 0 spiro atoms. The second-order valence-corrected chi connectivity index (χ2v) is 4.61. The molecule has 0 fully saturated rings. The van der Waals surface area contributed by atoms with E-state index in [0.29, 0.717) is 6.10 Å². The van der Waals surface area contributed by atoms with Crippen LogP contribution < -0.4 is 5.32 Å². The van der Waals surface area contributed by atoms with Crippen molar-refractivity contribution in [3.63, 3.8) is 0 Å².